The van der Waals surface area contributed by atoms with Crippen LogP contribution in [0.15, 0.2) is 66.7 Å². The maximum atomic E-state index is 12.7. The summed E-state index contributed by atoms with van der Waals surface area (Å²) in [5.41, 5.74) is 1.75. The molecule has 3 aromatic carbocycles. The highest BCUT2D eigenvalue weighted by Crippen LogP contribution is 2.26. The minimum atomic E-state index is -0.563. The van der Waals surface area contributed by atoms with Crippen molar-refractivity contribution in [2.45, 2.75) is 26.1 Å². The molecule has 3 aromatic rings. The SMILES string of the molecule is CCC(Oc1cccc2ccccc12)C(=O)Nc1cccc(COC)c1. The van der Waals surface area contributed by atoms with Crippen molar-refractivity contribution >= 4 is 22.4 Å². The zero-order valence-corrected chi connectivity index (χ0v) is 15.1. The lowest BCUT2D eigenvalue weighted by atomic mass is 10.1. The molecule has 0 bridgehead atoms. The molecule has 0 aromatic heterocycles. The highest BCUT2D eigenvalue weighted by atomic mass is 16.5. The van der Waals surface area contributed by atoms with Crippen LogP contribution in [0.4, 0.5) is 5.69 Å². The van der Waals surface area contributed by atoms with Crippen LogP contribution in [0.2, 0.25) is 0 Å². The van der Waals surface area contributed by atoms with Crippen molar-refractivity contribution in [2.75, 3.05) is 12.4 Å². The number of benzene rings is 3. The van der Waals surface area contributed by atoms with Crippen LogP contribution in [0.1, 0.15) is 18.9 Å². The molecule has 1 atom stereocenters. The van der Waals surface area contributed by atoms with Crippen LogP contribution in [0.25, 0.3) is 10.8 Å². The lowest BCUT2D eigenvalue weighted by Crippen LogP contribution is -2.32. The molecule has 0 fully saturated rings. The smallest absolute Gasteiger partial charge is 0.265 e. The zero-order valence-electron chi connectivity index (χ0n) is 15.1. The maximum Gasteiger partial charge on any atom is 0.265 e. The van der Waals surface area contributed by atoms with Crippen LogP contribution in [0.3, 0.4) is 0 Å². The number of carbonyl (C=O) groups is 1. The molecule has 1 N–H and O–H groups in total. The van der Waals surface area contributed by atoms with Crippen LogP contribution in [-0.2, 0) is 16.1 Å². The number of methoxy groups -OCH3 is 1. The second kappa shape index (κ2) is 8.50. The molecular weight excluding hydrogens is 326 g/mol. The van der Waals surface area contributed by atoms with Gasteiger partial charge in [0.2, 0.25) is 0 Å². The van der Waals surface area contributed by atoms with Crippen LogP contribution >= 0.6 is 0 Å². The van der Waals surface area contributed by atoms with Crippen molar-refractivity contribution in [3.05, 3.63) is 72.3 Å². The first-order valence-corrected chi connectivity index (χ1v) is 8.74. The molecule has 0 heterocycles. The van der Waals surface area contributed by atoms with Crippen molar-refractivity contribution in [1.82, 2.24) is 0 Å². The highest BCUT2D eigenvalue weighted by Gasteiger charge is 2.19. The molecular formula is C22H23NO3. The number of ether oxygens (including phenoxy) is 2. The summed E-state index contributed by atoms with van der Waals surface area (Å²) in [6.45, 7) is 2.45. The zero-order chi connectivity index (χ0) is 18.4. The lowest BCUT2D eigenvalue weighted by Gasteiger charge is -2.19. The number of anilines is 1. The van der Waals surface area contributed by atoms with Crippen molar-refractivity contribution in [3.63, 3.8) is 0 Å². The van der Waals surface area contributed by atoms with E-state index in [0.717, 1.165) is 27.8 Å². The fraction of sp³-hybridized carbons (Fsp3) is 0.227. The lowest BCUT2D eigenvalue weighted by molar-refractivity contribution is -0.122. The van der Waals surface area contributed by atoms with E-state index in [4.69, 9.17) is 9.47 Å². The average molecular weight is 349 g/mol. The van der Waals surface area contributed by atoms with Gasteiger partial charge in [0.15, 0.2) is 6.10 Å². The van der Waals surface area contributed by atoms with E-state index in [1.165, 1.54) is 0 Å². The molecule has 0 radical (unpaired) electrons. The molecule has 0 saturated carbocycles. The van der Waals surface area contributed by atoms with E-state index in [0.29, 0.717) is 13.0 Å². The Morgan fingerprint density at radius 3 is 2.62 bits per heavy atom. The summed E-state index contributed by atoms with van der Waals surface area (Å²) in [6.07, 6.45) is 0.0131. The van der Waals surface area contributed by atoms with E-state index in [2.05, 4.69) is 5.32 Å². The van der Waals surface area contributed by atoms with Gasteiger partial charge >= 0.3 is 0 Å². The first-order valence-electron chi connectivity index (χ1n) is 8.74. The Bertz CT molecular complexity index is 886. The Kier molecular flexibility index (Phi) is 5.87. The number of nitrogens with one attached hydrogen (secondary N) is 1. The summed E-state index contributed by atoms with van der Waals surface area (Å²) in [6, 6.07) is 21.5. The van der Waals surface area contributed by atoms with Crippen molar-refractivity contribution in [3.8, 4) is 5.75 Å². The van der Waals surface area contributed by atoms with Gasteiger partial charge in [-0.3, -0.25) is 4.79 Å². The van der Waals surface area contributed by atoms with Crippen LogP contribution in [0.5, 0.6) is 5.75 Å². The minimum Gasteiger partial charge on any atom is -0.480 e. The Labute approximate surface area is 153 Å². The quantitative estimate of drug-likeness (QED) is 0.667. The standard InChI is InChI=1S/C22H23NO3/c1-3-20(22(24)23-18-11-6-8-16(14-18)15-25-2)26-21-13-7-10-17-9-4-5-12-19(17)21/h4-14,20H,3,15H2,1-2H3,(H,23,24). The summed E-state index contributed by atoms with van der Waals surface area (Å²) >= 11 is 0. The molecule has 0 spiro atoms. The fourth-order valence-electron chi connectivity index (χ4n) is 2.90. The normalized spacial score (nSPS) is 11.9. The van der Waals surface area contributed by atoms with Gasteiger partial charge in [0.1, 0.15) is 5.75 Å². The summed E-state index contributed by atoms with van der Waals surface area (Å²) in [4.78, 5) is 12.7. The molecule has 134 valence electrons. The van der Waals surface area contributed by atoms with Crippen molar-refractivity contribution < 1.29 is 14.3 Å². The van der Waals surface area contributed by atoms with Crippen LogP contribution < -0.4 is 10.1 Å². The van der Waals surface area contributed by atoms with Crippen molar-refractivity contribution in [1.29, 1.82) is 0 Å². The van der Waals surface area contributed by atoms with E-state index >= 15 is 0 Å². The van der Waals surface area contributed by atoms with Gasteiger partial charge < -0.3 is 14.8 Å². The number of rotatable bonds is 7. The Hall–Kier alpha value is -2.85. The third-order valence-corrected chi connectivity index (χ3v) is 4.19. The van der Waals surface area contributed by atoms with E-state index in [1.807, 2.05) is 73.7 Å². The molecule has 1 amide bonds. The third-order valence-electron chi connectivity index (χ3n) is 4.19. The summed E-state index contributed by atoms with van der Waals surface area (Å²) < 4.78 is 11.2. The molecule has 0 aliphatic heterocycles. The second-order valence-electron chi connectivity index (χ2n) is 6.11. The van der Waals surface area contributed by atoms with Crippen molar-refractivity contribution in [2.24, 2.45) is 0 Å². The van der Waals surface area contributed by atoms with E-state index < -0.39 is 6.10 Å². The summed E-state index contributed by atoms with van der Waals surface area (Å²) in [7, 11) is 1.65. The van der Waals surface area contributed by atoms with E-state index in [-0.39, 0.29) is 5.91 Å². The van der Waals surface area contributed by atoms with Gasteiger partial charge in [0, 0.05) is 18.2 Å². The minimum absolute atomic E-state index is 0.157. The monoisotopic (exact) mass is 349 g/mol. The number of hydrogen-bond donors (Lipinski definition) is 1. The first-order chi connectivity index (χ1) is 12.7. The Morgan fingerprint density at radius 2 is 1.81 bits per heavy atom. The van der Waals surface area contributed by atoms with Crippen LogP contribution in [-0.4, -0.2) is 19.1 Å². The van der Waals surface area contributed by atoms with Gasteiger partial charge in [-0.1, -0.05) is 55.5 Å². The van der Waals surface area contributed by atoms with Gasteiger partial charge in [-0.15, -0.1) is 0 Å². The summed E-state index contributed by atoms with van der Waals surface area (Å²) in [5.74, 6) is 0.563. The van der Waals surface area contributed by atoms with Gasteiger partial charge in [-0.25, -0.2) is 0 Å². The molecule has 4 heteroatoms. The largest absolute Gasteiger partial charge is 0.480 e. The van der Waals surface area contributed by atoms with E-state index in [1.54, 1.807) is 7.11 Å². The average Bonchev–Trinajstić information content (AvgIpc) is 2.66. The van der Waals surface area contributed by atoms with Gasteiger partial charge in [0.25, 0.3) is 5.91 Å². The number of fused-ring (bicyclic) bond motifs is 1. The summed E-state index contributed by atoms with van der Waals surface area (Å²) in [5, 5.41) is 5.03. The first kappa shape index (κ1) is 18.0. The number of carbonyl (C=O) groups excluding carboxylic acids is 1. The molecule has 3 rings (SSSR count). The van der Waals surface area contributed by atoms with Gasteiger partial charge in [-0.2, -0.15) is 0 Å². The molecule has 0 aliphatic rings. The van der Waals surface area contributed by atoms with E-state index in [9.17, 15) is 4.79 Å². The van der Waals surface area contributed by atoms with Gasteiger partial charge in [-0.05, 0) is 35.6 Å². The molecule has 1 unspecified atom stereocenters. The Balaban J connectivity index is 1.76. The molecule has 0 aliphatic carbocycles. The molecule has 0 saturated heterocycles. The highest BCUT2D eigenvalue weighted by molar-refractivity contribution is 5.95. The molecule has 4 nitrogen and oxygen atoms in total. The van der Waals surface area contributed by atoms with Crippen LogP contribution in [0, 0.1) is 0 Å². The number of amides is 1. The Morgan fingerprint density at radius 1 is 1.04 bits per heavy atom. The molecule has 26 heavy (non-hydrogen) atoms. The fourth-order valence-corrected chi connectivity index (χ4v) is 2.90. The maximum absolute atomic E-state index is 12.7. The predicted molar refractivity (Wildman–Crippen MR) is 104 cm³/mol. The number of hydrogen-bond acceptors (Lipinski definition) is 3. The second-order valence-corrected chi connectivity index (χ2v) is 6.11. The predicted octanol–water partition coefficient (Wildman–Crippen LogP) is 4.78. The van der Waals surface area contributed by atoms with Gasteiger partial charge in [0.05, 0.1) is 6.61 Å². The third kappa shape index (κ3) is 4.21. The topological polar surface area (TPSA) is 47.6 Å².